The number of unbranched alkanes of at least 4 members (excludes halogenated alkanes) is 15. The molecule has 1 amide bonds. The van der Waals surface area contributed by atoms with Gasteiger partial charge in [0, 0.05) is 19.5 Å². The van der Waals surface area contributed by atoms with Crippen molar-refractivity contribution in [3.05, 3.63) is 0 Å². The maximum Gasteiger partial charge on any atom is 0.221 e. The molecule has 0 saturated heterocycles. The second kappa shape index (κ2) is 22.7. The largest absolute Gasteiger partial charge is 0.356 e. The zero-order valence-corrected chi connectivity index (χ0v) is 19.7. The van der Waals surface area contributed by atoms with Crippen molar-refractivity contribution in [1.29, 1.82) is 0 Å². The van der Waals surface area contributed by atoms with Gasteiger partial charge in [0.05, 0.1) is 0 Å². The molecular weight excluding hydrogens is 344 g/mol. The molecule has 0 aliphatic rings. The monoisotopic (exact) mass is 396 g/mol. The van der Waals surface area contributed by atoms with Crippen LogP contribution in [-0.2, 0) is 4.79 Å². The predicted octanol–water partition coefficient (Wildman–Crippen LogP) is 7.10. The first-order chi connectivity index (χ1) is 13.7. The fraction of sp³-hybridized carbons (Fsp3) is 0.960. The molecule has 0 fully saturated rings. The summed E-state index contributed by atoms with van der Waals surface area (Å²) in [6.07, 6.45) is 23.7. The van der Waals surface area contributed by atoms with Crippen molar-refractivity contribution in [2.45, 2.75) is 129 Å². The molecule has 0 aliphatic carbocycles. The van der Waals surface area contributed by atoms with Gasteiger partial charge in [-0.05, 0) is 26.4 Å². The van der Waals surface area contributed by atoms with E-state index in [0.717, 1.165) is 26.1 Å². The first-order valence-corrected chi connectivity index (χ1v) is 12.7. The summed E-state index contributed by atoms with van der Waals surface area (Å²) in [5.41, 5.74) is 0. The van der Waals surface area contributed by atoms with E-state index in [-0.39, 0.29) is 5.91 Å². The third-order valence-electron chi connectivity index (χ3n) is 5.72. The Morgan fingerprint density at radius 2 is 1.04 bits per heavy atom. The Labute approximate surface area is 177 Å². The van der Waals surface area contributed by atoms with E-state index >= 15 is 0 Å². The zero-order valence-electron chi connectivity index (χ0n) is 19.7. The number of amides is 1. The third kappa shape index (κ3) is 21.7. The topological polar surface area (TPSA) is 32.3 Å². The number of hydrogen-bond acceptors (Lipinski definition) is 2. The van der Waals surface area contributed by atoms with E-state index in [9.17, 15) is 4.79 Å². The van der Waals surface area contributed by atoms with Crippen molar-refractivity contribution in [3.63, 3.8) is 0 Å². The summed E-state index contributed by atoms with van der Waals surface area (Å²) in [4.78, 5) is 14.2. The Hall–Kier alpha value is -0.570. The average Bonchev–Trinajstić information content (AvgIpc) is 2.69. The average molecular weight is 397 g/mol. The number of nitrogens with one attached hydrogen (secondary N) is 1. The van der Waals surface area contributed by atoms with Gasteiger partial charge in [-0.1, -0.05) is 110 Å². The molecule has 168 valence electrons. The quantitative estimate of drug-likeness (QED) is 0.198. The Kier molecular flexibility index (Phi) is 22.3. The van der Waals surface area contributed by atoms with Gasteiger partial charge in [0.2, 0.25) is 5.91 Å². The van der Waals surface area contributed by atoms with Crippen LogP contribution in [0.15, 0.2) is 0 Å². The first-order valence-electron chi connectivity index (χ1n) is 12.7. The van der Waals surface area contributed by atoms with E-state index in [1.807, 2.05) is 0 Å². The number of carbonyl (C=O) groups is 1. The van der Waals surface area contributed by atoms with Gasteiger partial charge in [-0.2, -0.15) is 0 Å². The highest BCUT2D eigenvalue weighted by Crippen LogP contribution is 2.12. The molecule has 0 unspecified atom stereocenters. The molecular formula is C25H52N2O. The molecule has 0 saturated carbocycles. The van der Waals surface area contributed by atoms with E-state index < -0.39 is 0 Å². The predicted molar refractivity (Wildman–Crippen MR) is 125 cm³/mol. The number of hydrogen-bond donors (Lipinski definition) is 1. The number of carbonyl (C=O) groups excluding carboxylic acids is 1. The lowest BCUT2D eigenvalue weighted by Gasteiger charge is -2.15. The van der Waals surface area contributed by atoms with Crippen LogP contribution in [0.4, 0.5) is 0 Å². The van der Waals surface area contributed by atoms with Gasteiger partial charge in [-0.15, -0.1) is 0 Å². The lowest BCUT2D eigenvalue weighted by Crippen LogP contribution is -2.29. The Morgan fingerprint density at radius 3 is 1.54 bits per heavy atom. The summed E-state index contributed by atoms with van der Waals surface area (Å²) in [6, 6.07) is 0. The van der Waals surface area contributed by atoms with Gasteiger partial charge in [-0.25, -0.2) is 0 Å². The summed E-state index contributed by atoms with van der Waals surface area (Å²) in [6.45, 7) is 7.36. The summed E-state index contributed by atoms with van der Waals surface area (Å²) in [7, 11) is 2.12. The Morgan fingerprint density at radius 1 is 0.607 bits per heavy atom. The van der Waals surface area contributed by atoms with E-state index in [0.29, 0.717) is 6.42 Å². The minimum Gasteiger partial charge on any atom is -0.356 e. The van der Waals surface area contributed by atoms with Gasteiger partial charge in [0.1, 0.15) is 0 Å². The van der Waals surface area contributed by atoms with Crippen LogP contribution in [0.1, 0.15) is 129 Å². The van der Waals surface area contributed by atoms with Gasteiger partial charge < -0.3 is 10.2 Å². The molecule has 0 aromatic carbocycles. The molecule has 0 atom stereocenters. The maximum absolute atomic E-state index is 11.9. The number of nitrogens with zero attached hydrogens (tertiary/aromatic N) is 1. The molecule has 0 rings (SSSR count). The Bertz CT molecular complexity index is 320. The fourth-order valence-corrected chi connectivity index (χ4v) is 3.67. The summed E-state index contributed by atoms with van der Waals surface area (Å²) in [5, 5.41) is 3.08. The van der Waals surface area contributed by atoms with E-state index in [1.54, 1.807) is 0 Å². The van der Waals surface area contributed by atoms with Crippen molar-refractivity contribution >= 4 is 5.91 Å². The molecule has 0 heterocycles. The lowest BCUT2D eigenvalue weighted by molar-refractivity contribution is -0.121. The lowest BCUT2D eigenvalue weighted by atomic mass is 10.0. The van der Waals surface area contributed by atoms with Crippen LogP contribution in [0.5, 0.6) is 0 Å². The van der Waals surface area contributed by atoms with Crippen molar-refractivity contribution in [2.24, 2.45) is 0 Å². The van der Waals surface area contributed by atoms with Gasteiger partial charge in [0.25, 0.3) is 0 Å². The summed E-state index contributed by atoms with van der Waals surface area (Å²) >= 11 is 0. The molecule has 0 aliphatic heterocycles. The first kappa shape index (κ1) is 27.4. The highest BCUT2D eigenvalue weighted by molar-refractivity contribution is 5.75. The van der Waals surface area contributed by atoms with Gasteiger partial charge in [0.15, 0.2) is 0 Å². The minimum absolute atomic E-state index is 0.219. The minimum atomic E-state index is 0.219. The highest BCUT2D eigenvalue weighted by atomic mass is 16.1. The van der Waals surface area contributed by atoms with Crippen LogP contribution < -0.4 is 5.32 Å². The van der Waals surface area contributed by atoms with Gasteiger partial charge >= 0.3 is 0 Å². The molecule has 28 heavy (non-hydrogen) atoms. The van der Waals surface area contributed by atoms with Crippen molar-refractivity contribution in [2.75, 3.05) is 26.7 Å². The van der Waals surface area contributed by atoms with E-state index in [4.69, 9.17) is 0 Å². The molecule has 0 bridgehead atoms. The van der Waals surface area contributed by atoms with Crippen molar-refractivity contribution in [3.8, 4) is 0 Å². The maximum atomic E-state index is 11.9. The molecule has 3 heteroatoms. The smallest absolute Gasteiger partial charge is 0.221 e. The van der Waals surface area contributed by atoms with Crippen LogP contribution >= 0.6 is 0 Å². The highest BCUT2D eigenvalue weighted by Gasteiger charge is 2.04. The van der Waals surface area contributed by atoms with Crippen LogP contribution in [0.3, 0.4) is 0 Å². The second-order valence-electron chi connectivity index (χ2n) is 8.71. The summed E-state index contributed by atoms with van der Waals surface area (Å²) in [5.74, 6) is 0.219. The summed E-state index contributed by atoms with van der Waals surface area (Å²) < 4.78 is 0. The Balaban J connectivity index is 3.21. The molecule has 0 aromatic heterocycles. The molecule has 0 spiro atoms. The van der Waals surface area contributed by atoms with E-state index in [2.05, 4.69) is 31.1 Å². The van der Waals surface area contributed by atoms with Crippen LogP contribution in [-0.4, -0.2) is 37.5 Å². The standard InChI is InChI=1S/C25H52N2O/c1-4-6-8-9-10-11-12-13-14-15-16-17-18-19-22-26-25(28)21-24-27(3)23-20-7-5-2/h4-24H2,1-3H3,(H,26,28). The van der Waals surface area contributed by atoms with Crippen LogP contribution in [0.2, 0.25) is 0 Å². The molecule has 1 N–H and O–H groups in total. The molecule has 0 radical (unpaired) electrons. The fourth-order valence-electron chi connectivity index (χ4n) is 3.67. The SMILES string of the molecule is CCCCCCCCCCCCCCCCNC(=O)CCN(C)CCCCC. The van der Waals surface area contributed by atoms with Crippen LogP contribution in [0, 0.1) is 0 Å². The van der Waals surface area contributed by atoms with Crippen molar-refractivity contribution < 1.29 is 4.79 Å². The van der Waals surface area contributed by atoms with E-state index in [1.165, 1.54) is 103 Å². The van der Waals surface area contributed by atoms with Crippen molar-refractivity contribution in [1.82, 2.24) is 10.2 Å². The molecule has 0 aromatic rings. The second-order valence-corrected chi connectivity index (χ2v) is 8.71. The third-order valence-corrected chi connectivity index (χ3v) is 5.72. The normalized spacial score (nSPS) is 11.3. The zero-order chi connectivity index (χ0) is 20.7. The van der Waals surface area contributed by atoms with Gasteiger partial charge in [-0.3, -0.25) is 4.79 Å². The number of rotatable bonds is 22. The van der Waals surface area contributed by atoms with Crippen LogP contribution in [0.25, 0.3) is 0 Å². The molecule has 3 nitrogen and oxygen atoms in total.